The molecule has 7 heteroatoms. The second-order valence-corrected chi connectivity index (χ2v) is 7.93. The average Bonchev–Trinajstić information content (AvgIpc) is 2.82. The van der Waals surface area contributed by atoms with Crippen molar-refractivity contribution in [3.63, 3.8) is 0 Å². The van der Waals surface area contributed by atoms with Crippen LogP contribution in [0.15, 0.2) is 4.90 Å². The van der Waals surface area contributed by atoms with Gasteiger partial charge in [0.25, 0.3) is 0 Å². The average molecular weight is 314 g/mol. The largest absolute Gasteiger partial charge is 0.314 e. The first-order valence-electron chi connectivity index (χ1n) is 7.61. The van der Waals surface area contributed by atoms with Gasteiger partial charge in [0.1, 0.15) is 4.90 Å². The summed E-state index contributed by atoms with van der Waals surface area (Å²) in [6.07, 6.45) is 5.98. The third-order valence-electron chi connectivity index (χ3n) is 4.21. The lowest BCUT2D eigenvalue weighted by molar-refractivity contribution is 0.300. The lowest BCUT2D eigenvalue weighted by Crippen LogP contribution is -2.33. The number of aryl methyl sites for hydroxylation is 1. The molecular weight excluding hydrogens is 288 g/mol. The Bertz CT molecular complexity index is 562. The summed E-state index contributed by atoms with van der Waals surface area (Å²) in [5.74, 6) is 0.485. The maximum Gasteiger partial charge on any atom is 0.246 e. The molecule has 0 aliphatic heterocycles. The molecule has 1 aliphatic rings. The van der Waals surface area contributed by atoms with Crippen LogP contribution in [0.5, 0.6) is 0 Å². The van der Waals surface area contributed by atoms with Gasteiger partial charge in [-0.15, -0.1) is 0 Å². The van der Waals surface area contributed by atoms with Crippen LogP contribution in [-0.4, -0.2) is 43.6 Å². The van der Waals surface area contributed by atoms with E-state index in [1.54, 1.807) is 21.0 Å². The van der Waals surface area contributed by atoms with Gasteiger partial charge in [0.2, 0.25) is 10.0 Å². The number of H-pyrrole nitrogens is 1. The Morgan fingerprint density at radius 2 is 2.00 bits per heavy atom. The predicted molar refractivity (Wildman–Crippen MR) is 82.5 cm³/mol. The van der Waals surface area contributed by atoms with Crippen LogP contribution < -0.4 is 5.32 Å². The zero-order valence-electron chi connectivity index (χ0n) is 13.1. The van der Waals surface area contributed by atoms with Crippen molar-refractivity contribution in [2.75, 3.05) is 20.6 Å². The number of aromatic amines is 1. The molecule has 1 saturated carbocycles. The Kier molecular flexibility index (Phi) is 5.40. The van der Waals surface area contributed by atoms with Gasteiger partial charge in [0.15, 0.2) is 0 Å². The highest BCUT2D eigenvalue weighted by Crippen LogP contribution is 2.27. The molecule has 0 bridgehead atoms. The first kappa shape index (κ1) is 16.5. The molecule has 1 fully saturated rings. The number of nitrogens with zero attached hydrogens (tertiary/aromatic N) is 2. The number of hydrogen-bond donors (Lipinski definition) is 2. The molecule has 1 heterocycles. The summed E-state index contributed by atoms with van der Waals surface area (Å²) >= 11 is 0. The quantitative estimate of drug-likeness (QED) is 0.837. The fourth-order valence-electron chi connectivity index (χ4n) is 3.09. The van der Waals surface area contributed by atoms with Crippen molar-refractivity contribution < 1.29 is 8.42 Å². The lowest BCUT2D eigenvalue weighted by Gasteiger charge is -2.26. The Hall–Kier alpha value is -0.920. The van der Waals surface area contributed by atoms with E-state index in [0.717, 1.165) is 12.8 Å². The van der Waals surface area contributed by atoms with E-state index in [1.165, 1.54) is 23.6 Å². The molecule has 1 aromatic rings. The first-order chi connectivity index (χ1) is 9.96. The number of aromatic nitrogens is 2. The Balaban J connectivity index is 2.18. The monoisotopic (exact) mass is 314 g/mol. The van der Waals surface area contributed by atoms with Gasteiger partial charge in [-0.05, 0) is 32.7 Å². The standard InChI is InChI=1S/C14H26N4O2S/c1-11-14(13(9-15-2)17-16-11)21(19,20)18(3)10-12-7-5-4-6-8-12/h12,15H,4-10H2,1-3H3,(H,16,17). The molecule has 2 rings (SSSR count). The second kappa shape index (κ2) is 6.89. The van der Waals surface area contributed by atoms with Gasteiger partial charge in [0, 0.05) is 20.1 Å². The van der Waals surface area contributed by atoms with E-state index in [-0.39, 0.29) is 0 Å². The van der Waals surface area contributed by atoms with E-state index in [0.29, 0.717) is 35.3 Å². The summed E-state index contributed by atoms with van der Waals surface area (Å²) in [6.45, 7) is 2.80. The minimum Gasteiger partial charge on any atom is -0.314 e. The van der Waals surface area contributed by atoms with Gasteiger partial charge in [-0.25, -0.2) is 12.7 Å². The van der Waals surface area contributed by atoms with Gasteiger partial charge in [-0.1, -0.05) is 19.3 Å². The molecule has 0 saturated heterocycles. The molecule has 0 atom stereocenters. The molecular formula is C14H26N4O2S. The molecule has 1 aromatic heterocycles. The van der Waals surface area contributed by atoms with E-state index >= 15 is 0 Å². The molecule has 0 spiro atoms. The molecule has 21 heavy (non-hydrogen) atoms. The van der Waals surface area contributed by atoms with E-state index in [9.17, 15) is 8.42 Å². The van der Waals surface area contributed by atoms with Gasteiger partial charge < -0.3 is 5.32 Å². The third kappa shape index (κ3) is 3.64. The van der Waals surface area contributed by atoms with Crippen molar-refractivity contribution in [2.45, 2.75) is 50.5 Å². The van der Waals surface area contributed by atoms with Gasteiger partial charge in [-0.2, -0.15) is 5.10 Å². The van der Waals surface area contributed by atoms with E-state index in [1.807, 2.05) is 0 Å². The smallest absolute Gasteiger partial charge is 0.246 e. The highest BCUT2D eigenvalue weighted by atomic mass is 32.2. The van der Waals surface area contributed by atoms with Crippen LogP contribution in [0.3, 0.4) is 0 Å². The van der Waals surface area contributed by atoms with Crippen molar-refractivity contribution in [3.8, 4) is 0 Å². The topological polar surface area (TPSA) is 78.1 Å². The Morgan fingerprint density at radius 3 is 2.62 bits per heavy atom. The second-order valence-electron chi connectivity index (χ2n) is 5.94. The maximum atomic E-state index is 12.8. The van der Waals surface area contributed by atoms with Crippen LogP contribution in [0.4, 0.5) is 0 Å². The zero-order valence-corrected chi connectivity index (χ0v) is 14.0. The van der Waals surface area contributed by atoms with Crippen molar-refractivity contribution in [1.29, 1.82) is 0 Å². The first-order valence-corrected chi connectivity index (χ1v) is 9.05. The summed E-state index contributed by atoms with van der Waals surface area (Å²) < 4.78 is 27.1. The molecule has 2 N–H and O–H groups in total. The number of rotatable bonds is 6. The number of sulfonamides is 1. The fourth-order valence-corrected chi connectivity index (χ4v) is 4.65. The highest BCUT2D eigenvalue weighted by Gasteiger charge is 2.30. The molecule has 0 radical (unpaired) electrons. The highest BCUT2D eigenvalue weighted by molar-refractivity contribution is 7.89. The van der Waals surface area contributed by atoms with Crippen LogP contribution in [0.2, 0.25) is 0 Å². The van der Waals surface area contributed by atoms with E-state index < -0.39 is 10.0 Å². The van der Waals surface area contributed by atoms with Crippen molar-refractivity contribution in [3.05, 3.63) is 11.4 Å². The molecule has 6 nitrogen and oxygen atoms in total. The minimum absolute atomic E-state index is 0.329. The van der Waals surface area contributed by atoms with E-state index in [4.69, 9.17) is 0 Å². The van der Waals surface area contributed by atoms with Crippen LogP contribution in [0.1, 0.15) is 43.5 Å². The molecule has 0 unspecified atom stereocenters. The number of hydrogen-bond acceptors (Lipinski definition) is 4. The minimum atomic E-state index is -3.48. The predicted octanol–water partition coefficient (Wildman–Crippen LogP) is 1.64. The van der Waals surface area contributed by atoms with Gasteiger partial charge in [0.05, 0.1) is 11.4 Å². The van der Waals surface area contributed by atoms with Crippen molar-refractivity contribution in [2.24, 2.45) is 5.92 Å². The van der Waals surface area contributed by atoms with Crippen molar-refractivity contribution in [1.82, 2.24) is 19.8 Å². The molecule has 0 amide bonds. The van der Waals surface area contributed by atoms with Crippen LogP contribution in [0.25, 0.3) is 0 Å². The summed E-state index contributed by atoms with van der Waals surface area (Å²) in [6, 6.07) is 0. The third-order valence-corrected chi connectivity index (χ3v) is 6.24. The normalized spacial score (nSPS) is 17.5. The Morgan fingerprint density at radius 1 is 1.33 bits per heavy atom. The van der Waals surface area contributed by atoms with Gasteiger partial charge >= 0.3 is 0 Å². The SMILES string of the molecule is CNCc1n[nH]c(C)c1S(=O)(=O)N(C)CC1CCCCC1. The summed E-state index contributed by atoms with van der Waals surface area (Å²) in [5.41, 5.74) is 1.17. The number of nitrogens with one attached hydrogen (secondary N) is 2. The summed E-state index contributed by atoms with van der Waals surface area (Å²) in [4.78, 5) is 0.329. The van der Waals surface area contributed by atoms with Gasteiger partial charge in [-0.3, -0.25) is 5.10 Å². The van der Waals surface area contributed by atoms with E-state index in [2.05, 4.69) is 15.5 Å². The molecule has 120 valence electrons. The fraction of sp³-hybridized carbons (Fsp3) is 0.786. The summed E-state index contributed by atoms with van der Waals surface area (Å²) in [7, 11) is -0.0150. The molecule has 1 aliphatic carbocycles. The molecule has 0 aromatic carbocycles. The maximum absolute atomic E-state index is 12.8. The zero-order chi connectivity index (χ0) is 15.5. The van der Waals surface area contributed by atoms with Crippen LogP contribution in [-0.2, 0) is 16.6 Å². The van der Waals surface area contributed by atoms with Crippen LogP contribution in [0, 0.1) is 12.8 Å². The lowest BCUT2D eigenvalue weighted by atomic mass is 9.89. The van der Waals surface area contributed by atoms with Crippen LogP contribution >= 0.6 is 0 Å². The summed E-state index contributed by atoms with van der Waals surface area (Å²) in [5, 5.41) is 9.86. The van der Waals surface area contributed by atoms with Crippen molar-refractivity contribution >= 4 is 10.0 Å². The Labute approximate surface area is 127 Å².